The molecule has 0 radical (unpaired) electrons. The summed E-state index contributed by atoms with van der Waals surface area (Å²) in [6.45, 7) is 2.26. The zero-order valence-corrected chi connectivity index (χ0v) is 17.5. The van der Waals surface area contributed by atoms with Crippen LogP contribution >= 0.6 is 15.9 Å². The summed E-state index contributed by atoms with van der Waals surface area (Å²) in [5.74, 6) is 0.515. The number of halogens is 1. The number of para-hydroxylation sites is 1. The van der Waals surface area contributed by atoms with Crippen LogP contribution in [0.1, 0.15) is 35.3 Å². The third-order valence-electron chi connectivity index (χ3n) is 4.52. The fourth-order valence-corrected chi connectivity index (χ4v) is 3.49. The molecule has 1 amide bonds. The van der Waals surface area contributed by atoms with E-state index in [1.807, 2.05) is 49.4 Å². The molecule has 0 aliphatic heterocycles. The predicted molar refractivity (Wildman–Crippen MR) is 111 cm³/mol. The Morgan fingerprint density at radius 3 is 2.75 bits per heavy atom. The maximum absolute atomic E-state index is 12.5. The second-order valence-electron chi connectivity index (χ2n) is 6.49. The number of aryl methyl sites for hydroxylation is 1. The Kier molecular flexibility index (Phi) is 6.46. The molecule has 0 spiro atoms. The minimum Gasteiger partial charge on any atom is -0.496 e. The van der Waals surface area contributed by atoms with E-state index in [0.29, 0.717) is 13.0 Å². The number of amides is 1. The molecule has 7 heteroatoms. The minimum atomic E-state index is -0.106. The van der Waals surface area contributed by atoms with Gasteiger partial charge >= 0.3 is 0 Å². The highest BCUT2D eigenvalue weighted by Gasteiger charge is 2.14. The Morgan fingerprint density at radius 2 is 1.96 bits per heavy atom. The summed E-state index contributed by atoms with van der Waals surface area (Å²) in [7, 11) is 1.60. The van der Waals surface area contributed by atoms with E-state index in [4.69, 9.17) is 4.74 Å². The van der Waals surface area contributed by atoms with Gasteiger partial charge in [-0.25, -0.2) is 0 Å². The van der Waals surface area contributed by atoms with Crippen LogP contribution in [-0.2, 0) is 11.3 Å². The maximum atomic E-state index is 12.5. The van der Waals surface area contributed by atoms with Gasteiger partial charge in [-0.2, -0.15) is 9.78 Å². The number of benzene rings is 2. The lowest BCUT2D eigenvalue weighted by Crippen LogP contribution is -2.23. The number of aromatic nitrogens is 2. The quantitative estimate of drug-likeness (QED) is 0.592. The molecule has 0 saturated carbocycles. The zero-order valence-electron chi connectivity index (χ0n) is 15.9. The number of fused-ring (bicyclic) bond motifs is 1. The largest absolute Gasteiger partial charge is 0.496 e. The number of hydrogen-bond acceptors (Lipinski definition) is 4. The van der Waals surface area contributed by atoms with Crippen molar-refractivity contribution in [1.82, 2.24) is 15.1 Å². The molecule has 0 aliphatic carbocycles. The summed E-state index contributed by atoms with van der Waals surface area (Å²) in [6.07, 6.45) is 1.01. The molecule has 1 N–H and O–H groups in total. The second-order valence-corrected chi connectivity index (χ2v) is 7.41. The molecule has 28 heavy (non-hydrogen) atoms. The molecule has 0 fully saturated rings. The van der Waals surface area contributed by atoms with Crippen molar-refractivity contribution in [2.75, 3.05) is 7.11 Å². The fraction of sp³-hybridized carbons (Fsp3) is 0.286. The van der Waals surface area contributed by atoms with Crippen LogP contribution in [-0.4, -0.2) is 28.7 Å². The molecule has 0 aliphatic rings. The summed E-state index contributed by atoms with van der Waals surface area (Å²) < 4.78 is 7.67. The van der Waals surface area contributed by atoms with Gasteiger partial charge in [0.1, 0.15) is 5.75 Å². The first-order valence-corrected chi connectivity index (χ1v) is 9.85. The van der Waals surface area contributed by atoms with Crippen LogP contribution in [0.2, 0.25) is 0 Å². The maximum Gasteiger partial charge on any atom is 0.247 e. The average Bonchev–Trinajstić information content (AvgIpc) is 3.03. The number of methoxy groups -OCH3 is 1. The Morgan fingerprint density at radius 1 is 1.18 bits per heavy atom. The number of hydrogen-bond donors (Lipinski definition) is 1. The van der Waals surface area contributed by atoms with Crippen LogP contribution in [0.25, 0.3) is 10.9 Å². The molecule has 0 unspecified atom stereocenters. The molecule has 6 nitrogen and oxygen atoms in total. The second kappa shape index (κ2) is 9.01. The molecular weight excluding hydrogens is 422 g/mol. The molecule has 0 saturated heterocycles. The van der Waals surface area contributed by atoms with Gasteiger partial charge in [0.25, 0.3) is 0 Å². The monoisotopic (exact) mass is 443 g/mol. The lowest BCUT2D eigenvalue weighted by Gasteiger charge is -2.10. The van der Waals surface area contributed by atoms with Gasteiger partial charge in [0.05, 0.1) is 18.3 Å². The molecule has 0 bridgehead atoms. The van der Waals surface area contributed by atoms with Crippen LogP contribution in [0.5, 0.6) is 5.75 Å². The Labute approximate surface area is 172 Å². The molecule has 1 heterocycles. The van der Waals surface area contributed by atoms with E-state index < -0.39 is 0 Å². The van der Waals surface area contributed by atoms with Crippen molar-refractivity contribution in [3.05, 3.63) is 58.2 Å². The van der Waals surface area contributed by atoms with Crippen molar-refractivity contribution in [3.8, 4) is 5.75 Å². The predicted octanol–water partition coefficient (Wildman–Crippen LogP) is 4.24. The van der Waals surface area contributed by atoms with Crippen molar-refractivity contribution in [2.24, 2.45) is 0 Å². The van der Waals surface area contributed by atoms with Crippen molar-refractivity contribution in [2.45, 2.75) is 32.7 Å². The van der Waals surface area contributed by atoms with Crippen LogP contribution in [0.4, 0.5) is 0 Å². The first-order valence-electron chi connectivity index (χ1n) is 9.06. The summed E-state index contributed by atoms with van der Waals surface area (Å²) in [5.41, 5.74) is 2.51. The summed E-state index contributed by atoms with van der Waals surface area (Å²) in [6, 6.07) is 13.3. The normalized spacial score (nSPS) is 10.8. The lowest BCUT2D eigenvalue weighted by molar-refractivity contribution is -0.121. The van der Waals surface area contributed by atoms with E-state index in [9.17, 15) is 9.59 Å². The van der Waals surface area contributed by atoms with Crippen LogP contribution in [0.3, 0.4) is 0 Å². The van der Waals surface area contributed by atoms with Gasteiger partial charge in [0, 0.05) is 34.8 Å². The highest BCUT2D eigenvalue weighted by Crippen LogP contribution is 2.23. The van der Waals surface area contributed by atoms with E-state index in [0.717, 1.165) is 32.4 Å². The number of nitrogens with zero attached hydrogens (tertiary/aromatic N) is 2. The van der Waals surface area contributed by atoms with E-state index in [1.54, 1.807) is 7.11 Å². The molecule has 2 aromatic carbocycles. The first-order chi connectivity index (χ1) is 13.5. The molecule has 0 atom stereocenters. The molecular formula is C21H22BrN3O3. The summed E-state index contributed by atoms with van der Waals surface area (Å²) in [5, 5.41) is 8.18. The van der Waals surface area contributed by atoms with Crippen molar-refractivity contribution in [3.63, 3.8) is 0 Å². The van der Waals surface area contributed by atoms with Gasteiger partial charge in [-0.05, 0) is 37.6 Å². The average molecular weight is 444 g/mol. The number of nitrogens with one attached hydrogen (secondary N) is 1. The van der Waals surface area contributed by atoms with Crippen LogP contribution < -0.4 is 10.1 Å². The van der Waals surface area contributed by atoms with Gasteiger partial charge in [0.15, 0.2) is 0 Å². The summed E-state index contributed by atoms with van der Waals surface area (Å²) in [4.78, 5) is 24.6. The zero-order chi connectivity index (χ0) is 20.1. The standard InChI is InChI=1S/C21H22BrN3O3/c1-14-17-6-3-4-7-18(17)25(24-14)21(27)9-5-8-20(26)23-13-15-12-16(22)10-11-19(15)28-2/h3-4,6-7,10-12H,5,8-9,13H2,1-2H3,(H,23,26). The van der Waals surface area contributed by atoms with Gasteiger partial charge in [0.2, 0.25) is 11.8 Å². The third kappa shape index (κ3) is 4.59. The van der Waals surface area contributed by atoms with E-state index >= 15 is 0 Å². The smallest absolute Gasteiger partial charge is 0.247 e. The van der Waals surface area contributed by atoms with Gasteiger partial charge in [-0.3, -0.25) is 9.59 Å². The SMILES string of the molecule is COc1ccc(Br)cc1CNC(=O)CCCC(=O)n1nc(C)c2ccccc21. The van der Waals surface area contributed by atoms with Gasteiger partial charge in [-0.15, -0.1) is 0 Å². The molecule has 3 aromatic rings. The van der Waals surface area contributed by atoms with Crippen LogP contribution in [0, 0.1) is 6.92 Å². The molecule has 146 valence electrons. The number of ether oxygens (including phenoxy) is 1. The third-order valence-corrected chi connectivity index (χ3v) is 5.01. The Balaban J connectivity index is 1.51. The van der Waals surface area contributed by atoms with E-state index in [1.165, 1.54) is 4.68 Å². The lowest BCUT2D eigenvalue weighted by atomic mass is 10.2. The topological polar surface area (TPSA) is 73.2 Å². The van der Waals surface area contributed by atoms with Crippen LogP contribution in [0.15, 0.2) is 46.9 Å². The molecule has 1 aromatic heterocycles. The minimum absolute atomic E-state index is 0.101. The number of carbonyl (C=O) groups excluding carboxylic acids is 2. The van der Waals surface area contributed by atoms with Crippen molar-refractivity contribution < 1.29 is 14.3 Å². The van der Waals surface area contributed by atoms with Gasteiger partial charge in [-0.1, -0.05) is 34.1 Å². The summed E-state index contributed by atoms with van der Waals surface area (Å²) >= 11 is 3.42. The Hall–Kier alpha value is -2.67. The number of carbonyl (C=O) groups is 2. The number of rotatable bonds is 7. The molecule has 3 rings (SSSR count). The van der Waals surface area contributed by atoms with E-state index in [-0.39, 0.29) is 24.7 Å². The van der Waals surface area contributed by atoms with Crippen molar-refractivity contribution in [1.29, 1.82) is 0 Å². The fourth-order valence-electron chi connectivity index (χ4n) is 3.09. The Bertz CT molecular complexity index is 1010. The highest BCUT2D eigenvalue weighted by molar-refractivity contribution is 9.10. The van der Waals surface area contributed by atoms with Gasteiger partial charge < -0.3 is 10.1 Å². The first kappa shape index (κ1) is 20.1. The highest BCUT2D eigenvalue weighted by atomic mass is 79.9. The van der Waals surface area contributed by atoms with E-state index in [2.05, 4.69) is 26.3 Å². The van der Waals surface area contributed by atoms with Crippen molar-refractivity contribution >= 4 is 38.6 Å².